The molecule has 1 aliphatic heterocycles. The van der Waals surface area contributed by atoms with Crippen molar-refractivity contribution < 1.29 is 17.9 Å². The Balaban J connectivity index is 1.58. The van der Waals surface area contributed by atoms with Crippen LogP contribution in [0.2, 0.25) is 0 Å². The Labute approximate surface area is 139 Å². The number of ether oxygens (including phenoxy) is 1. The molecule has 1 aromatic carbocycles. The molecule has 23 heavy (non-hydrogen) atoms. The van der Waals surface area contributed by atoms with Crippen LogP contribution in [-0.4, -0.2) is 32.0 Å². The van der Waals surface area contributed by atoms with E-state index in [0.717, 1.165) is 17.7 Å². The van der Waals surface area contributed by atoms with E-state index in [-0.39, 0.29) is 11.5 Å². The summed E-state index contributed by atoms with van der Waals surface area (Å²) < 4.78 is 28.3. The number of carbonyl (C=O) groups excluding carboxylic acids is 1. The van der Waals surface area contributed by atoms with Gasteiger partial charge in [-0.05, 0) is 42.0 Å². The highest BCUT2D eigenvalue weighted by molar-refractivity contribution is 7.91. The van der Waals surface area contributed by atoms with Gasteiger partial charge in [0.1, 0.15) is 11.0 Å². The third-order valence-corrected chi connectivity index (χ3v) is 7.33. The smallest absolute Gasteiger partial charge is 0.348 e. The van der Waals surface area contributed by atoms with Crippen molar-refractivity contribution in [2.45, 2.75) is 25.4 Å². The molecule has 1 fully saturated rings. The van der Waals surface area contributed by atoms with Gasteiger partial charge < -0.3 is 4.74 Å². The van der Waals surface area contributed by atoms with Gasteiger partial charge in [0.05, 0.1) is 11.5 Å². The number of rotatable bonds is 2. The number of thiophene rings is 1. The van der Waals surface area contributed by atoms with Gasteiger partial charge in [-0.3, -0.25) is 0 Å². The predicted octanol–water partition coefficient (Wildman–Crippen LogP) is 2.86. The van der Waals surface area contributed by atoms with Crippen LogP contribution in [0.5, 0.6) is 0 Å². The molecule has 0 radical (unpaired) electrons. The van der Waals surface area contributed by atoms with E-state index in [4.69, 9.17) is 4.74 Å². The van der Waals surface area contributed by atoms with E-state index in [0.29, 0.717) is 11.3 Å². The summed E-state index contributed by atoms with van der Waals surface area (Å²) in [6, 6.07) is 10.2. The SMILES string of the molecule is O=C(O[C@H]1CCS(=O)(=O)C1)c1cc2c(s1)-c1ccccc1CC2. The number of esters is 1. The highest BCUT2D eigenvalue weighted by atomic mass is 32.2. The second kappa shape index (κ2) is 5.46. The third-order valence-electron chi connectivity index (χ3n) is 4.40. The summed E-state index contributed by atoms with van der Waals surface area (Å²) in [6.45, 7) is 0. The standard InChI is InChI=1S/C17H16O4S2/c18-17(21-13-7-8-23(19,20)10-13)15-9-12-6-5-11-3-1-2-4-14(11)16(12)22-15/h1-4,9,13H,5-8,10H2/t13-/m0/s1. The fraction of sp³-hybridized carbons (Fsp3) is 0.353. The van der Waals surface area contributed by atoms with E-state index in [1.54, 1.807) is 0 Å². The molecule has 0 amide bonds. The molecule has 0 spiro atoms. The van der Waals surface area contributed by atoms with Crippen LogP contribution in [0.3, 0.4) is 0 Å². The zero-order valence-electron chi connectivity index (χ0n) is 12.4. The molecule has 0 unspecified atom stereocenters. The maximum absolute atomic E-state index is 12.3. The van der Waals surface area contributed by atoms with Crippen molar-refractivity contribution in [2.75, 3.05) is 11.5 Å². The number of hydrogen-bond acceptors (Lipinski definition) is 5. The van der Waals surface area contributed by atoms with Crippen molar-refractivity contribution in [1.29, 1.82) is 0 Å². The fourth-order valence-corrected chi connectivity index (χ4v) is 5.98. The lowest BCUT2D eigenvalue weighted by atomic mass is 9.91. The first-order valence-electron chi connectivity index (χ1n) is 7.64. The lowest BCUT2D eigenvalue weighted by Crippen LogP contribution is -2.18. The van der Waals surface area contributed by atoms with Gasteiger partial charge in [0, 0.05) is 4.88 Å². The molecular weight excluding hydrogens is 332 g/mol. The Kier molecular flexibility index (Phi) is 3.54. The summed E-state index contributed by atoms with van der Waals surface area (Å²) in [5, 5.41) is 0. The van der Waals surface area contributed by atoms with Crippen LogP contribution < -0.4 is 0 Å². The molecule has 4 rings (SSSR count). The maximum atomic E-state index is 12.3. The highest BCUT2D eigenvalue weighted by Crippen LogP contribution is 2.39. The number of carbonyl (C=O) groups is 1. The van der Waals surface area contributed by atoms with Crippen LogP contribution in [0.25, 0.3) is 10.4 Å². The quantitative estimate of drug-likeness (QED) is 0.783. The van der Waals surface area contributed by atoms with E-state index in [2.05, 4.69) is 12.1 Å². The second-order valence-corrected chi connectivity index (χ2v) is 9.33. The average molecular weight is 348 g/mol. The van der Waals surface area contributed by atoms with Crippen LogP contribution in [0.4, 0.5) is 0 Å². The Morgan fingerprint density at radius 2 is 1.96 bits per heavy atom. The molecule has 2 heterocycles. The molecule has 6 heteroatoms. The molecule has 1 aliphatic carbocycles. The van der Waals surface area contributed by atoms with Crippen molar-refractivity contribution in [3.05, 3.63) is 46.3 Å². The van der Waals surface area contributed by atoms with Crippen LogP contribution in [-0.2, 0) is 27.4 Å². The second-order valence-electron chi connectivity index (χ2n) is 6.05. The molecule has 2 aromatic rings. The molecular formula is C17H16O4S2. The van der Waals surface area contributed by atoms with Gasteiger partial charge in [-0.15, -0.1) is 11.3 Å². The minimum Gasteiger partial charge on any atom is -0.457 e. The molecule has 0 bridgehead atoms. The van der Waals surface area contributed by atoms with Crippen molar-refractivity contribution >= 4 is 27.1 Å². The summed E-state index contributed by atoms with van der Waals surface area (Å²) in [6.07, 6.45) is 1.81. The summed E-state index contributed by atoms with van der Waals surface area (Å²) in [4.78, 5) is 14.0. The average Bonchev–Trinajstić information content (AvgIpc) is 3.10. The summed E-state index contributed by atoms with van der Waals surface area (Å²) in [5.74, 6) is -0.338. The number of aryl methyl sites for hydroxylation is 2. The van der Waals surface area contributed by atoms with Crippen molar-refractivity contribution in [2.24, 2.45) is 0 Å². The number of sulfone groups is 1. The van der Waals surface area contributed by atoms with E-state index >= 15 is 0 Å². The van der Waals surface area contributed by atoms with Gasteiger partial charge in [0.2, 0.25) is 0 Å². The van der Waals surface area contributed by atoms with Crippen molar-refractivity contribution in [3.63, 3.8) is 0 Å². The van der Waals surface area contributed by atoms with Gasteiger partial charge in [-0.25, -0.2) is 13.2 Å². The Morgan fingerprint density at radius 3 is 2.74 bits per heavy atom. The minimum absolute atomic E-state index is 0.0489. The number of fused-ring (bicyclic) bond motifs is 3. The topological polar surface area (TPSA) is 60.4 Å². The number of benzene rings is 1. The van der Waals surface area contributed by atoms with E-state index in [1.165, 1.54) is 28.0 Å². The monoisotopic (exact) mass is 348 g/mol. The lowest BCUT2D eigenvalue weighted by molar-refractivity contribution is 0.0362. The molecule has 1 atom stereocenters. The molecule has 0 saturated carbocycles. The van der Waals surface area contributed by atoms with E-state index in [9.17, 15) is 13.2 Å². The first kappa shape index (κ1) is 14.9. The Morgan fingerprint density at radius 1 is 1.17 bits per heavy atom. The van der Waals surface area contributed by atoms with Crippen molar-refractivity contribution in [3.8, 4) is 10.4 Å². The van der Waals surface area contributed by atoms with Crippen molar-refractivity contribution in [1.82, 2.24) is 0 Å². The molecule has 1 saturated heterocycles. The van der Waals surface area contributed by atoms with Gasteiger partial charge in [0.25, 0.3) is 0 Å². The summed E-state index contributed by atoms with van der Waals surface area (Å²) >= 11 is 1.45. The Bertz CT molecular complexity index is 880. The fourth-order valence-electron chi connectivity index (χ4n) is 3.24. The highest BCUT2D eigenvalue weighted by Gasteiger charge is 2.31. The third kappa shape index (κ3) is 2.81. The lowest BCUT2D eigenvalue weighted by Gasteiger charge is -2.15. The van der Waals surface area contributed by atoms with Gasteiger partial charge in [-0.1, -0.05) is 24.3 Å². The van der Waals surface area contributed by atoms with E-state index in [1.807, 2.05) is 18.2 Å². The van der Waals surface area contributed by atoms with Crippen LogP contribution in [0.15, 0.2) is 30.3 Å². The zero-order chi connectivity index (χ0) is 16.0. The van der Waals surface area contributed by atoms with E-state index < -0.39 is 21.9 Å². The van der Waals surface area contributed by atoms with Crippen LogP contribution >= 0.6 is 11.3 Å². The first-order chi connectivity index (χ1) is 11.0. The number of hydrogen-bond donors (Lipinski definition) is 0. The zero-order valence-corrected chi connectivity index (χ0v) is 14.1. The largest absolute Gasteiger partial charge is 0.457 e. The van der Waals surface area contributed by atoms with Crippen LogP contribution in [0, 0.1) is 0 Å². The van der Waals surface area contributed by atoms with Gasteiger partial charge in [-0.2, -0.15) is 0 Å². The molecule has 4 nitrogen and oxygen atoms in total. The molecule has 1 aromatic heterocycles. The van der Waals surface area contributed by atoms with Gasteiger partial charge >= 0.3 is 5.97 Å². The molecule has 120 valence electrons. The normalized spacial score (nSPS) is 21.5. The Hall–Kier alpha value is -1.66. The first-order valence-corrected chi connectivity index (χ1v) is 10.3. The summed E-state index contributed by atoms with van der Waals surface area (Å²) in [7, 11) is -3.04. The van der Waals surface area contributed by atoms with Crippen LogP contribution in [0.1, 0.15) is 27.2 Å². The minimum atomic E-state index is -3.04. The van der Waals surface area contributed by atoms with Gasteiger partial charge in [0.15, 0.2) is 9.84 Å². The summed E-state index contributed by atoms with van der Waals surface area (Å²) in [5.41, 5.74) is 3.68. The molecule has 2 aliphatic rings. The maximum Gasteiger partial charge on any atom is 0.348 e. The molecule has 0 N–H and O–H groups in total. The predicted molar refractivity (Wildman–Crippen MR) is 89.6 cm³/mol.